The SMILES string of the molecule is COC(=O)[C@@H](C)NC(=O)[C@H](Cc1c[nH]c2ccccc12)NC(=O)c1ccccc1. The molecule has 3 N–H and O–H groups in total. The van der Waals surface area contributed by atoms with Crippen LogP contribution < -0.4 is 10.6 Å². The van der Waals surface area contributed by atoms with Gasteiger partial charge < -0.3 is 20.4 Å². The first-order chi connectivity index (χ1) is 14.0. The monoisotopic (exact) mass is 393 g/mol. The molecule has 1 aromatic heterocycles. The number of methoxy groups -OCH3 is 1. The summed E-state index contributed by atoms with van der Waals surface area (Å²) < 4.78 is 4.66. The van der Waals surface area contributed by atoms with Crippen molar-refractivity contribution < 1.29 is 19.1 Å². The third-order valence-electron chi connectivity index (χ3n) is 4.67. The Bertz CT molecular complexity index is 1010. The molecule has 0 unspecified atom stereocenters. The van der Waals surface area contributed by atoms with E-state index >= 15 is 0 Å². The first-order valence-electron chi connectivity index (χ1n) is 9.28. The second kappa shape index (κ2) is 9.05. The number of hydrogen-bond acceptors (Lipinski definition) is 4. The van der Waals surface area contributed by atoms with Crippen LogP contribution in [0.25, 0.3) is 10.9 Å². The summed E-state index contributed by atoms with van der Waals surface area (Å²) in [5.41, 5.74) is 2.28. The molecule has 3 rings (SSSR count). The van der Waals surface area contributed by atoms with Crippen LogP contribution in [0.3, 0.4) is 0 Å². The minimum Gasteiger partial charge on any atom is -0.467 e. The lowest BCUT2D eigenvalue weighted by Crippen LogP contribution is -2.51. The van der Waals surface area contributed by atoms with Crippen molar-refractivity contribution in [2.45, 2.75) is 25.4 Å². The third-order valence-corrected chi connectivity index (χ3v) is 4.67. The van der Waals surface area contributed by atoms with Gasteiger partial charge >= 0.3 is 5.97 Å². The number of para-hydroxylation sites is 1. The highest BCUT2D eigenvalue weighted by Crippen LogP contribution is 2.19. The van der Waals surface area contributed by atoms with Crippen molar-refractivity contribution in [2.75, 3.05) is 7.11 Å². The first kappa shape index (κ1) is 20.1. The first-order valence-corrected chi connectivity index (χ1v) is 9.28. The molecule has 0 saturated carbocycles. The third kappa shape index (κ3) is 4.82. The van der Waals surface area contributed by atoms with Crippen LogP contribution >= 0.6 is 0 Å². The topological polar surface area (TPSA) is 100 Å². The fourth-order valence-electron chi connectivity index (χ4n) is 3.11. The summed E-state index contributed by atoms with van der Waals surface area (Å²) in [5.74, 6) is -1.38. The summed E-state index contributed by atoms with van der Waals surface area (Å²) in [6, 6.07) is 14.7. The molecule has 0 aliphatic heterocycles. The van der Waals surface area contributed by atoms with Crippen molar-refractivity contribution in [3.8, 4) is 0 Å². The molecule has 3 aromatic rings. The number of ether oxygens (including phenoxy) is 1. The normalized spacial score (nSPS) is 12.8. The maximum Gasteiger partial charge on any atom is 0.328 e. The van der Waals surface area contributed by atoms with Crippen LogP contribution in [0, 0.1) is 0 Å². The number of aromatic amines is 1. The molecule has 0 saturated heterocycles. The van der Waals surface area contributed by atoms with Crippen LogP contribution in [-0.4, -0.2) is 42.0 Å². The van der Waals surface area contributed by atoms with Gasteiger partial charge in [0, 0.05) is 29.1 Å². The van der Waals surface area contributed by atoms with Gasteiger partial charge in [-0.15, -0.1) is 0 Å². The molecule has 1 heterocycles. The van der Waals surface area contributed by atoms with Gasteiger partial charge in [0.05, 0.1) is 7.11 Å². The average molecular weight is 393 g/mol. The predicted molar refractivity (Wildman–Crippen MR) is 109 cm³/mol. The van der Waals surface area contributed by atoms with Crippen LogP contribution in [0.2, 0.25) is 0 Å². The Morgan fingerprint density at radius 2 is 1.69 bits per heavy atom. The van der Waals surface area contributed by atoms with E-state index in [9.17, 15) is 14.4 Å². The number of carbonyl (C=O) groups excluding carboxylic acids is 3. The zero-order chi connectivity index (χ0) is 20.8. The molecule has 2 aromatic carbocycles. The largest absolute Gasteiger partial charge is 0.467 e. The quantitative estimate of drug-likeness (QED) is 0.536. The lowest BCUT2D eigenvalue weighted by Gasteiger charge is -2.20. The van der Waals surface area contributed by atoms with Gasteiger partial charge in [0.1, 0.15) is 12.1 Å². The highest BCUT2D eigenvalue weighted by Gasteiger charge is 2.26. The Morgan fingerprint density at radius 3 is 2.41 bits per heavy atom. The lowest BCUT2D eigenvalue weighted by molar-refractivity contribution is -0.144. The molecular weight excluding hydrogens is 370 g/mol. The number of esters is 1. The minimum atomic E-state index is -0.867. The molecule has 2 atom stereocenters. The van der Waals surface area contributed by atoms with E-state index < -0.39 is 24.0 Å². The number of hydrogen-bond donors (Lipinski definition) is 3. The van der Waals surface area contributed by atoms with E-state index in [2.05, 4.69) is 20.4 Å². The van der Waals surface area contributed by atoms with Crippen LogP contribution in [0.1, 0.15) is 22.8 Å². The number of H-pyrrole nitrogens is 1. The highest BCUT2D eigenvalue weighted by molar-refractivity contribution is 5.98. The van der Waals surface area contributed by atoms with Crippen molar-refractivity contribution in [1.29, 1.82) is 0 Å². The standard InChI is InChI=1S/C22H23N3O4/c1-14(22(28)29-2)24-21(27)19(25-20(26)15-8-4-3-5-9-15)12-16-13-23-18-11-7-6-10-17(16)18/h3-11,13-14,19,23H,12H2,1-2H3,(H,24,27)(H,25,26)/t14-,19+/m1/s1. The second-order valence-corrected chi connectivity index (χ2v) is 6.71. The van der Waals surface area contributed by atoms with Crippen LogP contribution in [-0.2, 0) is 20.7 Å². The summed E-state index contributed by atoms with van der Waals surface area (Å²) >= 11 is 0. The summed E-state index contributed by atoms with van der Waals surface area (Å²) in [6.45, 7) is 1.53. The van der Waals surface area contributed by atoms with E-state index in [-0.39, 0.29) is 12.3 Å². The molecule has 2 amide bonds. The molecule has 150 valence electrons. The summed E-state index contributed by atoms with van der Waals surface area (Å²) in [6.07, 6.45) is 2.09. The van der Waals surface area contributed by atoms with Gasteiger partial charge in [-0.05, 0) is 30.7 Å². The average Bonchev–Trinajstić information content (AvgIpc) is 3.16. The molecule has 0 fully saturated rings. The van der Waals surface area contributed by atoms with E-state index in [1.54, 1.807) is 24.3 Å². The van der Waals surface area contributed by atoms with Gasteiger partial charge in [0.15, 0.2) is 0 Å². The molecule has 0 aliphatic rings. The Balaban J connectivity index is 1.83. The van der Waals surface area contributed by atoms with Gasteiger partial charge in [0.25, 0.3) is 5.91 Å². The highest BCUT2D eigenvalue weighted by atomic mass is 16.5. The van der Waals surface area contributed by atoms with Gasteiger partial charge in [0.2, 0.25) is 5.91 Å². The van der Waals surface area contributed by atoms with Gasteiger partial charge in [-0.1, -0.05) is 36.4 Å². The van der Waals surface area contributed by atoms with Crippen LogP contribution in [0.15, 0.2) is 60.8 Å². The van der Waals surface area contributed by atoms with Gasteiger partial charge in [-0.3, -0.25) is 9.59 Å². The number of carbonyl (C=O) groups is 3. The number of benzene rings is 2. The Hall–Kier alpha value is -3.61. The van der Waals surface area contributed by atoms with Crippen molar-refractivity contribution in [3.63, 3.8) is 0 Å². The maximum atomic E-state index is 12.9. The predicted octanol–water partition coefficient (Wildman–Crippen LogP) is 2.19. The molecule has 7 nitrogen and oxygen atoms in total. The number of fused-ring (bicyclic) bond motifs is 1. The Kier molecular flexibility index (Phi) is 6.29. The van der Waals surface area contributed by atoms with Crippen molar-refractivity contribution >= 4 is 28.7 Å². The fraction of sp³-hybridized carbons (Fsp3) is 0.227. The molecule has 0 bridgehead atoms. The number of nitrogens with one attached hydrogen (secondary N) is 3. The molecule has 7 heteroatoms. The zero-order valence-electron chi connectivity index (χ0n) is 16.3. The smallest absolute Gasteiger partial charge is 0.328 e. The fourth-order valence-corrected chi connectivity index (χ4v) is 3.11. The molecule has 29 heavy (non-hydrogen) atoms. The summed E-state index contributed by atoms with van der Waals surface area (Å²) in [5, 5.41) is 6.36. The van der Waals surface area contributed by atoms with E-state index in [0.717, 1.165) is 16.5 Å². The van der Waals surface area contributed by atoms with E-state index in [1.807, 2.05) is 36.5 Å². The van der Waals surface area contributed by atoms with Crippen LogP contribution in [0.5, 0.6) is 0 Å². The number of amides is 2. The molecule has 0 radical (unpaired) electrons. The molecular formula is C22H23N3O4. The second-order valence-electron chi connectivity index (χ2n) is 6.71. The Labute approximate surface area is 168 Å². The van der Waals surface area contributed by atoms with Crippen LogP contribution in [0.4, 0.5) is 0 Å². The molecule has 0 spiro atoms. The van der Waals surface area contributed by atoms with E-state index in [0.29, 0.717) is 5.56 Å². The van der Waals surface area contributed by atoms with Crippen molar-refractivity contribution in [2.24, 2.45) is 0 Å². The summed E-state index contributed by atoms with van der Waals surface area (Å²) in [4.78, 5) is 40.3. The van der Waals surface area contributed by atoms with E-state index in [4.69, 9.17) is 0 Å². The van der Waals surface area contributed by atoms with Gasteiger partial charge in [-0.2, -0.15) is 0 Å². The van der Waals surface area contributed by atoms with E-state index in [1.165, 1.54) is 14.0 Å². The maximum absolute atomic E-state index is 12.9. The minimum absolute atomic E-state index is 0.266. The number of aromatic nitrogens is 1. The lowest BCUT2D eigenvalue weighted by atomic mass is 10.0. The molecule has 0 aliphatic carbocycles. The summed E-state index contributed by atoms with van der Waals surface area (Å²) in [7, 11) is 1.26. The Morgan fingerprint density at radius 1 is 1.00 bits per heavy atom. The van der Waals surface area contributed by atoms with Crippen molar-refractivity contribution in [1.82, 2.24) is 15.6 Å². The zero-order valence-corrected chi connectivity index (χ0v) is 16.3. The number of rotatable bonds is 7. The van der Waals surface area contributed by atoms with Crippen molar-refractivity contribution in [3.05, 3.63) is 71.9 Å². The van der Waals surface area contributed by atoms with Gasteiger partial charge in [-0.25, -0.2) is 4.79 Å².